The number of thiazole rings is 1. The maximum atomic E-state index is 11.5. The molecule has 1 aromatic heterocycles. The molecule has 2 heterocycles. The van der Waals surface area contributed by atoms with Gasteiger partial charge in [0.05, 0.1) is 30.3 Å². The van der Waals surface area contributed by atoms with Crippen molar-refractivity contribution in [1.29, 1.82) is 0 Å². The van der Waals surface area contributed by atoms with Crippen LogP contribution in [0.1, 0.15) is 20.9 Å². The fourth-order valence-corrected chi connectivity index (χ4v) is 3.34. The van der Waals surface area contributed by atoms with Crippen LogP contribution in [0.25, 0.3) is 0 Å². The van der Waals surface area contributed by atoms with Crippen LogP contribution in [0.15, 0.2) is 18.2 Å². The first-order valence-electron chi connectivity index (χ1n) is 7.52. The Kier molecular flexibility index (Phi) is 4.49. The Hall–Kier alpha value is -2.12. The van der Waals surface area contributed by atoms with Crippen molar-refractivity contribution in [2.45, 2.75) is 13.8 Å². The molecule has 1 aliphatic rings. The van der Waals surface area contributed by atoms with Crippen LogP contribution >= 0.6 is 11.3 Å². The van der Waals surface area contributed by atoms with Crippen molar-refractivity contribution in [1.82, 2.24) is 4.98 Å². The summed E-state index contributed by atoms with van der Waals surface area (Å²) < 4.78 is 5.41. The second-order valence-corrected chi connectivity index (χ2v) is 6.68. The second kappa shape index (κ2) is 6.55. The minimum absolute atomic E-state index is 0.437. The zero-order valence-corrected chi connectivity index (χ0v) is 14.1. The summed E-state index contributed by atoms with van der Waals surface area (Å²) >= 11 is 1.60. The van der Waals surface area contributed by atoms with E-state index < -0.39 is 5.91 Å². The number of carbonyl (C=O) groups is 1. The number of carbonyl (C=O) groups excluding carboxylic acids is 1. The predicted octanol–water partition coefficient (Wildman–Crippen LogP) is 2.44. The first-order valence-corrected chi connectivity index (χ1v) is 8.34. The van der Waals surface area contributed by atoms with Crippen LogP contribution in [0.4, 0.5) is 16.5 Å². The van der Waals surface area contributed by atoms with Gasteiger partial charge in [0.2, 0.25) is 5.91 Å². The zero-order chi connectivity index (χ0) is 16.4. The summed E-state index contributed by atoms with van der Waals surface area (Å²) in [6, 6.07) is 5.48. The summed E-state index contributed by atoms with van der Waals surface area (Å²) in [6.07, 6.45) is 0. The van der Waals surface area contributed by atoms with E-state index in [4.69, 9.17) is 10.5 Å². The lowest BCUT2D eigenvalue weighted by Crippen LogP contribution is -2.36. The fraction of sp³-hybridized carbons (Fsp3) is 0.375. The SMILES string of the molecule is Cc1nc(Nc2cc(C(N)=O)ccc2N2CCOCC2)sc1C. The highest BCUT2D eigenvalue weighted by Crippen LogP contribution is 2.32. The number of morpholine rings is 1. The molecular formula is C16H20N4O2S. The molecule has 0 bridgehead atoms. The second-order valence-electron chi connectivity index (χ2n) is 5.48. The van der Waals surface area contributed by atoms with E-state index in [-0.39, 0.29) is 0 Å². The highest BCUT2D eigenvalue weighted by atomic mass is 32.1. The summed E-state index contributed by atoms with van der Waals surface area (Å²) in [5.74, 6) is -0.437. The lowest BCUT2D eigenvalue weighted by Gasteiger charge is -2.30. The van der Waals surface area contributed by atoms with Gasteiger partial charge < -0.3 is 20.7 Å². The first kappa shape index (κ1) is 15.8. The molecule has 1 saturated heterocycles. The molecule has 6 nitrogen and oxygen atoms in total. The third-order valence-corrected chi connectivity index (χ3v) is 4.89. The molecule has 0 atom stereocenters. The molecule has 0 unspecified atom stereocenters. The zero-order valence-electron chi connectivity index (χ0n) is 13.3. The third kappa shape index (κ3) is 3.46. The summed E-state index contributed by atoms with van der Waals surface area (Å²) in [7, 11) is 0. The van der Waals surface area contributed by atoms with Crippen molar-refractivity contribution in [3.63, 3.8) is 0 Å². The Morgan fingerprint density at radius 3 is 2.70 bits per heavy atom. The van der Waals surface area contributed by atoms with Gasteiger partial charge in [0, 0.05) is 23.5 Å². The van der Waals surface area contributed by atoms with Crippen LogP contribution in [-0.2, 0) is 4.74 Å². The van der Waals surface area contributed by atoms with Gasteiger partial charge in [0.1, 0.15) is 0 Å². The van der Waals surface area contributed by atoms with E-state index in [1.807, 2.05) is 19.9 Å². The molecule has 1 aliphatic heterocycles. The average Bonchev–Trinajstić information content (AvgIpc) is 2.86. The molecule has 0 aliphatic carbocycles. The van der Waals surface area contributed by atoms with E-state index in [1.165, 1.54) is 4.88 Å². The predicted molar refractivity (Wildman–Crippen MR) is 92.9 cm³/mol. The highest BCUT2D eigenvalue weighted by molar-refractivity contribution is 7.15. The van der Waals surface area contributed by atoms with Crippen LogP contribution in [-0.4, -0.2) is 37.2 Å². The average molecular weight is 332 g/mol. The van der Waals surface area contributed by atoms with Gasteiger partial charge in [-0.3, -0.25) is 4.79 Å². The van der Waals surface area contributed by atoms with Crippen LogP contribution in [0.3, 0.4) is 0 Å². The van der Waals surface area contributed by atoms with E-state index in [0.717, 1.165) is 35.3 Å². The van der Waals surface area contributed by atoms with E-state index in [1.54, 1.807) is 23.5 Å². The minimum Gasteiger partial charge on any atom is -0.378 e. The molecular weight excluding hydrogens is 312 g/mol. The minimum atomic E-state index is -0.437. The van der Waals surface area contributed by atoms with Gasteiger partial charge in [-0.05, 0) is 32.0 Å². The molecule has 2 aromatic rings. The lowest BCUT2D eigenvalue weighted by molar-refractivity contribution is 0.1000. The summed E-state index contributed by atoms with van der Waals surface area (Å²) in [5, 5.41) is 4.16. The van der Waals surface area contributed by atoms with Crippen molar-refractivity contribution in [2.24, 2.45) is 5.73 Å². The Bertz CT molecular complexity index is 703. The Labute approximate surface area is 139 Å². The maximum absolute atomic E-state index is 11.5. The number of amides is 1. The van der Waals surface area contributed by atoms with Gasteiger partial charge in [0.25, 0.3) is 0 Å². The molecule has 1 aromatic carbocycles. The number of anilines is 3. The van der Waals surface area contributed by atoms with Crippen molar-refractivity contribution in [3.8, 4) is 0 Å². The molecule has 3 N–H and O–H groups in total. The van der Waals surface area contributed by atoms with Gasteiger partial charge in [0.15, 0.2) is 5.13 Å². The third-order valence-electron chi connectivity index (χ3n) is 3.90. The van der Waals surface area contributed by atoms with Crippen LogP contribution in [0, 0.1) is 13.8 Å². The number of rotatable bonds is 4. The Morgan fingerprint density at radius 1 is 1.35 bits per heavy atom. The van der Waals surface area contributed by atoms with Gasteiger partial charge >= 0.3 is 0 Å². The molecule has 0 radical (unpaired) electrons. The topological polar surface area (TPSA) is 80.5 Å². The number of primary amides is 1. The number of benzene rings is 1. The number of aryl methyl sites for hydroxylation is 2. The molecule has 0 saturated carbocycles. The van der Waals surface area contributed by atoms with Crippen molar-refractivity contribution >= 4 is 33.8 Å². The largest absolute Gasteiger partial charge is 0.378 e. The number of hydrogen-bond acceptors (Lipinski definition) is 6. The van der Waals surface area contributed by atoms with E-state index in [9.17, 15) is 4.79 Å². The molecule has 7 heteroatoms. The van der Waals surface area contributed by atoms with Crippen LogP contribution in [0.2, 0.25) is 0 Å². The number of aromatic nitrogens is 1. The summed E-state index contributed by atoms with van der Waals surface area (Å²) in [6.45, 7) is 7.07. The first-order chi connectivity index (χ1) is 11.0. The van der Waals surface area contributed by atoms with E-state index in [0.29, 0.717) is 18.8 Å². The van der Waals surface area contributed by atoms with Crippen LogP contribution < -0.4 is 16.0 Å². The maximum Gasteiger partial charge on any atom is 0.248 e. The molecule has 1 fully saturated rings. The molecule has 23 heavy (non-hydrogen) atoms. The van der Waals surface area contributed by atoms with Gasteiger partial charge in [-0.1, -0.05) is 0 Å². The van der Waals surface area contributed by atoms with Crippen molar-refractivity contribution in [3.05, 3.63) is 34.3 Å². The number of ether oxygens (including phenoxy) is 1. The number of nitrogens with two attached hydrogens (primary N) is 1. The normalized spacial score (nSPS) is 14.8. The fourth-order valence-electron chi connectivity index (χ4n) is 2.51. The molecule has 1 amide bonds. The Balaban J connectivity index is 1.96. The summed E-state index contributed by atoms with van der Waals surface area (Å²) in [5.41, 5.74) is 8.79. The number of nitrogens with one attached hydrogen (secondary N) is 1. The van der Waals surface area contributed by atoms with Crippen molar-refractivity contribution < 1.29 is 9.53 Å². The number of hydrogen-bond donors (Lipinski definition) is 2. The van der Waals surface area contributed by atoms with Crippen LogP contribution in [0.5, 0.6) is 0 Å². The van der Waals surface area contributed by atoms with E-state index in [2.05, 4.69) is 15.2 Å². The van der Waals surface area contributed by atoms with Gasteiger partial charge in [-0.15, -0.1) is 11.3 Å². The molecule has 3 rings (SSSR count). The molecule has 122 valence electrons. The van der Waals surface area contributed by atoms with Gasteiger partial charge in [-0.2, -0.15) is 0 Å². The monoisotopic (exact) mass is 332 g/mol. The smallest absolute Gasteiger partial charge is 0.248 e. The molecule has 0 spiro atoms. The van der Waals surface area contributed by atoms with E-state index >= 15 is 0 Å². The quantitative estimate of drug-likeness (QED) is 0.899. The Morgan fingerprint density at radius 2 is 2.09 bits per heavy atom. The van der Waals surface area contributed by atoms with Crippen molar-refractivity contribution in [2.75, 3.05) is 36.5 Å². The lowest BCUT2D eigenvalue weighted by atomic mass is 10.1. The summed E-state index contributed by atoms with van der Waals surface area (Å²) in [4.78, 5) is 19.4. The van der Waals surface area contributed by atoms with Gasteiger partial charge in [-0.25, -0.2) is 4.98 Å². The highest BCUT2D eigenvalue weighted by Gasteiger charge is 2.17. The standard InChI is InChI=1S/C16H20N4O2S/c1-10-11(2)23-16(18-10)19-13-9-12(15(17)21)3-4-14(13)20-5-7-22-8-6-20/h3-4,9H,5-8H2,1-2H3,(H2,17,21)(H,18,19). The number of nitrogens with zero attached hydrogens (tertiary/aromatic N) is 2.